The molecule has 2 rings (SSSR count). The fourth-order valence-electron chi connectivity index (χ4n) is 2.48. The van der Waals surface area contributed by atoms with Crippen LogP contribution in [0.15, 0.2) is 59.5 Å². The molecule has 140 valence electrons. The van der Waals surface area contributed by atoms with E-state index in [0.29, 0.717) is 24.3 Å². The van der Waals surface area contributed by atoms with E-state index in [0.717, 1.165) is 25.7 Å². The van der Waals surface area contributed by atoms with Crippen LogP contribution in [0.5, 0.6) is 0 Å². The second kappa shape index (κ2) is 9.94. The number of hydrogen-bond acceptors (Lipinski definition) is 4. The molecule has 0 spiro atoms. The van der Waals surface area contributed by atoms with Crippen LogP contribution in [-0.2, 0) is 14.8 Å². The Morgan fingerprint density at radius 2 is 1.54 bits per heavy atom. The highest BCUT2D eigenvalue weighted by Gasteiger charge is 2.11. The number of carbonyl (C=O) groups excluding carboxylic acids is 1. The van der Waals surface area contributed by atoms with Crippen molar-refractivity contribution in [1.29, 1.82) is 0 Å². The fraction of sp³-hybridized carbons (Fsp3) is 0.316. The maximum atomic E-state index is 12.0. The molecule has 2 aromatic carbocycles. The zero-order valence-electron chi connectivity index (χ0n) is 14.6. The molecule has 0 radical (unpaired) electrons. The van der Waals surface area contributed by atoms with E-state index in [4.69, 9.17) is 5.73 Å². The summed E-state index contributed by atoms with van der Waals surface area (Å²) >= 11 is 0. The lowest BCUT2D eigenvalue weighted by Crippen LogP contribution is -2.24. The largest absolute Gasteiger partial charge is 0.397 e. The van der Waals surface area contributed by atoms with Gasteiger partial charge in [0.1, 0.15) is 0 Å². The van der Waals surface area contributed by atoms with Crippen LogP contribution >= 0.6 is 0 Å². The van der Waals surface area contributed by atoms with Gasteiger partial charge in [0.25, 0.3) is 0 Å². The van der Waals surface area contributed by atoms with Crippen molar-refractivity contribution >= 4 is 27.3 Å². The van der Waals surface area contributed by atoms with E-state index in [1.165, 1.54) is 0 Å². The Labute approximate surface area is 154 Å². The third kappa shape index (κ3) is 6.50. The molecule has 0 saturated heterocycles. The molecular formula is C19H25N3O3S. The highest BCUT2D eigenvalue weighted by Crippen LogP contribution is 2.17. The average molecular weight is 375 g/mol. The molecule has 26 heavy (non-hydrogen) atoms. The molecule has 6 nitrogen and oxygen atoms in total. The Kier molecular flexibility index (Phi) is 7.62. The van der Waals surface area contributed by atoms with E-state index >= 15 is 0 Å². The summed E-state index contributed by atoms with van der Waals surface area (Å²) in [5.41, 5.74) is 6.96. The minimum atomic E-state index is -3.43. The maximum absolute atomic E-state index is 12.0. The molecule has 0 atom stereocenters. The first-order valence-corrected chi connectivity index (χ1v) is 10.2. The van der Waals surface area contributed by atoms with Gasteiger partial charge in [0, 0.05) is 13.0 Å². The summed E-state index contributed by atoms with van der Waals surface area (Å²) in [5.74, 6) is -0.0623. The van der Waals surface area contributed by atoms with Crippen molar-refractivity contribution < 1.29 is 13.2 Å². The predicted octanol–water partition coefficient (Wildman–Crippen LogP) is 3.14. The van der Waals surface area contributed by atoms with E-state index in [9.17, 15) is 13.2 Å². The number of sulfonamides is 1. The number of nitrogens with one attached hydrogen (secondary N) is 2. The van der Waals surface area contributed by atoms with Gasteiger partial charge in [-0.3, -0.25) is 4.79 Å². The lowest BCUT2D eigenvalue weighted by Gasteiger charge is -2.08. The zero-order chi connectivity index (χ0) is 18.8. The van der Waals surface area contributed by atoms with E-state index in [1.807, 2.05) is 12.1 Å². The van der Waals surface area contributed by atoms with Crippen molar-refractivity contribution in [3.05, 3.63) is 54.6 Å². The van der Waals surface area contributed by atoms with Gasteiger partial charge >= 0.3 is 0 Å². The monoisotopic (exact) mass is 375 g/mol. The summed E-state index contributed by atoms with van der Waals surface area (Å²) in [6.45, 7) is 0.393. The number of amides is 1. The fourth-order valence-corrected chi connectivity index (χ4v) is 3.57. The van der Waals surface area contributed by atoms with Crippen molar-refractivity contribution in [3.63, 3.8) is 0 Å². The van der Waals surface area contributed by atoms with Gasteiger partial charge in [-0.25, -0.2) is 13.1 Å². The van der Waals surface area contributed by atoms with E-state index in [-0.39, 0.29) is 10.8 Å². The van der Waals surface area contributed by atoms with Crippen molar-refractivity contribution in [1.82, 2.24) is 4.72 Å². The van der Waals surface area contributed by atoms with Crippen molar-refractivity contribution in [3.8, 4) is 0 Å². The second-order valence-corrected chi connectivity index (χ2v) is 7.78. The Morgan fingerprint density at radius 3 is 2.27 bits per heavy atom. The minimum absolute atomic E-state index is 0.0623. The number of rotatable bonds is 10. The molecule has 0 saturated carbocycles. The lowest BCUT2D eigenvalue weighted by atomic mass is 10.1. The van der Waals surface area contributed by atoms with Crippen LogP contribution in [0, 0.1) is 0 Å². The van der Waals surface area contributed by atoms with Crippen LogP contribution < -0.4 is 15.8 Å². The normalized spacial score (nSPS) is 11.2. The van der Waals surface area contributed by atoms with Crippen LogP contribution in [0.2, 0.25) is 0 Å². The molecule has 1 amide bonds. The molecule has 0 unspecified atom stereocenters. The highest BCUT2D eigenvalue weighted by molar-refractivity contribution is 7.89. The summed E-state index contributed by atoms with van der Waals surface area (Å²) in [4.78, 5) is 12.2. The third-order valence-electron chi connectivity index (χ3n) is 3.91. The Hall–Kier alpha value is -2.38. The summed E-state index contributed by atoms with van der Waals surface area (Å²) in [6.07, 6.45) is 3.64. The standard InChI is InChI=1S/C19H25N3O3S/c20-17-12-7-8-13-18(17)22-19(23)14-6-1-2-9-15-21-26(24,25)16-10-4-3-5-11-16/h3-5,7-8,10-13,21H,1-2,6,9,14-15,20H2,(H,22,23). The van der Waals surface area contributed by atoms with Gasteiger partial charge in [0.15, 0.2) is 0 Å². The topological polar surface area (TPSA) is 101 Å². The van der Waals surface area contributed by atoms with Gasteiger partial charge in [-0.1, -0.05) is 43.2 Å². The number of benzene rings is 2. The average Bonchev–Trinajstić information content (AvgIpc) is 2.63. The van der Waals surface area contributed by atoms with E-state index < -0.39 is 10.0 Å². The summed E-state index contributed by atoms with van der Waals surface area (Å²) < 4.78 is 26.7. The molecule has 0 bridgehead atoms. The minimum Gasteiger partial charge on any atom is -0.397 e. The first kappa shape index (κ1) is 19.9. The van der Waals surface area contributed by atoms with Crippen molar-refractivity contribution in [2.24, 2.45) is 0 Å². The number of carbonyl (C=O) groups is 1. The van der Waals surface area contributed by atoms with Crippen molar-refractivity contribution in [2.45, 2.75) is 37.0 Å². The lowest BCUT2D eigenvalue weighted by molar-refractivity contribution is -0.116. The molecule has 7 heteroatoms. The van der Waals surface area contributed by atoms with Gasteiger partial charge in [-0.2, -0.15) is 0 Å². The van der Waals surface area contributed by atoms with Gasteiger partial charge in [-0.05, 0) is 37.1 Å². The van der Waals surface area contributed by atoms with Crippen LogP contribution in [0.25, 0.3) is 0 Å². The molecule has 0 heterocycles. The quantitative estimate of drug-likeness (QED) is 0.438. The predicted molar refractivity (Wildman–Crippen MR) is 104 cm³/mol. The van der Waals surface area contributed by atoms with E-state index in [2.05, 4.69) is 10.0 Å². The van der Waals surface area contributed by atoms with Crippen LogP contribution in [0.4, 0.5) is 11.4 Å². The molecule has 0 aliphatic heterocycles. The first-order chi connectivity index (χ1) is 12.5. The Balaban J connectivity index is 1.58. The zero-order valence-corrected chi connectivity index (χ0v) is 15.5. The summed E-state index contributed by atoms with van der Waals surface area (Å²) in [6, 6.07) is 15.5. The van der Waals surface area contributed by atoms with Crippen molar-refractivity contribution in [2.75, 3.05) is 17.6 Å². The maximum Gasteiger partial charge on any atom is 0.240 e. The highest BCUT2D eigenvalue weighted by atomic mass is 32.2. The molecule has 0 aliphatic carbocycles. The number of unbranched alkanes of at least 4 members (excludes halogenated alkanes) is 3. The number of nitrogen functional groups attached to an aromatic ring is 1. The second-order valence-electron chi connectivity index (χ2n) is 6.01. The number of anilines is 2. The van der Waals surface area contributed by atoms with Gasteiger partial charge in [0.05, 0.1) is 16.3 Å². The molecule has 0 fully saturated rings. The Morgan fingerprint density at radius 1 is 0.885 bits per heavy atom. The number of para-hydroxylation sites is 2. The smallest absolute Gasteiger partial charge is 0.240 e. The molecule has 4 N–H and O–H groups in total. The molecular weight excluding hydrogens is 350 g/mol. The first-order valence-electron chi connectivity index (χ1n) is 8.68. The molecule has 0 aliphatic rings. The van der Waals surface area contributed by atoms with Gasteiger partial charge < -0.3 is 11.1 Å². The third-order valence-corrected chi connectivity index (χ3v) is 5.39. The van der Waals surface area contributed by atoms with Crippen LogP contribution in [0.1, 0.15) is 32.1 Å². The summed E-state index contributed by atoms with van der Waals surface area (Å²) in [7, 11) is -3.43. The summed E-state index contributed by atoms with van der Waals surface area (Å²) in [5, 5.41) is 2.79. The van der Waals surface area contributed by atoms with Crippen LogP contribution in [0.3, 0.4) is 0 Å². The number of nitrogens with two attached hydrogens (primary N) is 1. The Bertz CT molecular complexity index is 808. The number of hydrogen-bond donors (Lipinski definition) is 3. The van der Waals surface area contributed by atoms with Gasteiger partial charge in [0.2, 0.25) is 15.9 Å². The van der Waals surface area contributed by atoms with E-state index in [1.54, 1.807) is 42.5 Å². The van der Waals surface area contributed by atoms with Crippen LogP contribution in [-0.4, -0.2) is 20.9 Å². The molecule has 0 aromatic heterocycles. The van der Waals surface area contributed by atoms with Gasteiger partial charge in [-0.15, -0.1) is 0 Å². The molecule has 2 aromatic rings. The SMILES string of the molecule is Nc1ccccc1NC(=O)CCCCCCNS(=O)(=O)c1ccccc1.